The van der Waals surface area contributed by atoms with Crippen LogP contribution in [0.25, 0.3) is 0 Å². The van der Waals surface area contributed by atoms with Crippen molar-refractivity contribution in [2.75, 3.05) is 22.5 Å². The number of thioether (sulfide) groups is 1. The largest absolute Gasteiger partial charge is 0.326 e. The lowest BCUT2D eigenvalue weighted by Gasteiger charge is -2.28. The van der Waals surface area contributed by atoms with Crippen LogP contribution < -0.4 is 10.2 Å². The van der Waals surface area contributed by atoms with E-state index in [1.54, 1.807) is 16.7 Å². The van der Waals surface area contributed by atoms with Gasteiger partial charge in [0.05, 0.1) is 11.4 Å². The first-order valence-electron chi connectivity index (χ1n) is 9.82. The molecule has 1 N–H and O–H groups in total. The molecule has 4 nitrogen and oxygen atoms in total. The summed E-state index contributed by atoms with van der Waals surface area (Å²) < 4.78 is 0. The molecule has 0 atom stereocenters. The Kier molecular flexibility index (Phi) is 6.45. The van der Waals surface area contributed by atoms with Crippen LogP contribution in [0.15, 0.2) is 47.4 Å². The van der Waals surface area contributed by atoms with E-state index in [-0.39, 0.29) is 18.2 Å². The molecule has 0 fully saturated rings. The third kappa shape index (κ3) is 4.58. The van der Waals surface area contributed by atoms with Gasteiger partial charge in [0, 0.05) is 23.5 Å². The van der Waals surface area contributed by atoms with Gasteiger partial charge >= 0.3 is 0 Å². The number of fused-ring (bicyclic) bond motifs is 1. The van der Waals surface area contributed by atoms with Gasteiger partial charge < -0.3 is 10.2 Å². The van der Waals surface area contributed by atoms with Crippen LogP contribution in [-0.4, -0.2) is 24.1 Å². The smallest absolute Gasteiger partial charge is 0.237 e. The molecule has 3 rings (SSSR count). The molecular formula is C23H28N2O2S. The predicted octanol–water partition coefficient (Wildman–Crippen LogP) is 5.40. The minimum absolute atomic E-state index is 0.0562. The molecule has 1 aliphatic heterocycles. The van der Waals surface area contributed by atoms with Crippen LogP contribution in [0.2, 0.25) is 0 Å². The van der Waals surface area contributed by atoms with E-state index in [0.717, 1.165) is 21.8 Å². The van der Waals surface area contributed by atoms with Gasteiger partial charge in [-0.3, -0.25) is 9.59 Å². The lowest BCUT2D eigenvalue weighted by molar-refractivity contribution is -0.117. The molecule has 148 valence electrons. The van der Waals surface area contributed by atoms with E-state index in [4.69, 9.17) is 0 Å². The summed E-state index contributed by atoms with van der Waals surface area (Å²) in [6.07, 6.45) is 0.272. The summed E-state index contributed by atoms with van der Waals surface area (Å²) in [6, 6.07) is 14.1. The van der Waals surface area contributed by atoms with Crippen LogP contribution >= 0.6 is 11.8 Å². The Morgan fingerprint density at radius 2 is 1.86 bits per heavy atom. The highest BCUT2D eigenvalue weighted by Crippen LogP contribution is 2.35. The van der Waals surface area contributed by atoms with E-state index in [1.807, 2.05) is 30.3 Å². The van der Waals surface area contributed by atoms with Gasteiger partial charge in [-0.25, -0.2) is 0 Å². The number of nitrogens with zero attached hydrogens (tertiary/aromatic N) is 1. The summed E-state index contributed by atoms with van der Waals surface area (Å²) >= 11 is 1.55. The first-order valence-corrected chi connectivity index (χ1v) is 10.8. The lowest BCUT2D eigenvalue weighted by Crippen LogP contribution is -2.37. The topological polar surface area (TPSA) is 49.4 Å². The van der Waals surface area contributed by atoms with Crippen molar-refractivity contribution in [3.05, 3.63) is 53.6 Å². The van der Waals surface area contributed by atoms with Gasteiger partial charge in [0.15, 0.2) is 0 Å². The van der Waals surface area contributed by atoms with Crippen molar-refractivity contribution in [1.29, 1.82) is 0 Å². The number of carbonyl (C=O) groups excluding carboxylic acids is 2. The average Bonchev–Trinajstić information content (AvgIpc) is 2.67. The number of para-hydroxylation sites is 1. The molecular weight excluding hydrogens is 368 g/mol. The average molecular weight is 397 g/mol. The molecule has 0 spiro atoms. The number of rotatable bonds is 6. The molecule has 5 heteroatoms. The minimum Gasteiger partial charge on any atom is -0.326 e. The molecule has 0 saturated carbocycles. The maximum Gasteiger partial charge on any atom is 0.237 e. The van der Waals surface area contributed by atoms with Gasteiger partial charge in [-0.2, -0.15) is 0 Å². The van der Waals surface area contributed by atoms with Crippen LogP contribution in [0.3, 0.4) is 0 Å². The molecule has 0 unspecified atom stereocenters. The lowest BCUT2D eigenvalue weighted by atomic mass is 9.94. The van der Waals surface area contributed by atoms with E-state index in [1.165, 1.54) is 5.56 Å². The van der Waals surface area contributed by atoms with E-state index >= 15 is 0 Å². The van der Waals surface area contributed by atoms with Crippen LogP contribution in [-0.2, 0) is 9.59 Å². The molecule has 0 aliphatic carbocycles. The first-order chi connectivity index (χ1) is 13.4. The minimum atomic E-state index is -0.0669. The molecule has 2 aromatic rings. The summed E-state index contributed by atoms with van der Waals surface area (Å²) in [4.78, 5) is 27.8. The Hall–Kier alpha value is -2.27. The standard InChI is InChI=1S/C23H28N2O2S/c1-15(2)17-9-10-19(18(13-17)16(3)4)24-22(26)11-12-25-20-7-5-6-8-21(20)28-14-23(25)27/h5-10,13,15-16H,11-12,14H2,1-4H3,(H,24,26). The second-order valence-electron chi connectivity index (χ2n) is 7.76. The third-order valence-electron chi connectivity index (χ3n) is 5.01. The molecule has 0 aromatic heterocycles. The molecule has 0 bridgehead atoms. The summed E-state index contributed by atoms with van der Waals surface area (Å²) in [5, 5.41) is 3.05. The fraction of sp³-hybridized carbons (Fsp3) is 0.391. The highest BCUT2D eigenvalue weighted by Gasteiger charge is 2.24. The van der Waals surface area contributed by atoms with Gasteiger partial charge in [-0.05, 0) is 41.2 Å². The number of nitrogens with one attached hydrogen (secondary N) is 1. The van der Waals surface area contributed by atoms with Crippen molar-refractivity contribution in [1.82, 2.24) is 0 Å². The number of anilines is 2. The van der Waals surface area contributed by atoms with Gasteiger partial charge in [-0.1, -0.05) is 52.0 Å². The highest BCUT2D eigenvalue weighted by atomic mass is 32.2. The highest BCUT2D eigenvalue weighted by molar-refractivity contribution is 8.00. The summed E-state index contributed by atoms with van der Waals surface area (Å²) in [5.74, 6) is 1.18. The zero-order valence-electron chi connectivity index (χ0n) is 17.0. The number of benzene rings is 2. The van der Waals surface area contributed by atoms with E-state index < -0.39 is 0 Å². The summed E-state index contributed by atoms with van der Waals surface area (Å²) in [7, 11) is 0. The van der Waals surface area contributed by atoms with Crippen molar-refractivity contribution in [3.8, 4) is 0 Å². The fourth-order valence-corrected chi connectivity index (χ4v) is 4.29. The Balaban J connectivity index is 1.69. The Morgan fingerprint density at radius 1 is 1.11 bits per heavy atom. The predicted molar refractivity (Wildman–Crippen MR) is 117 cm³/mol. The van der Waals surface area contributed by atoms with Crippen molar-refractivity contribution in [2.24, 2.45) is 0 Å². The number of hydrogen-bond acceptors (Lipinski definition) is 3. The van der Waals surface area contributed by atoms with Crippen LogP contribution in [0, 0.1) is 0 Å². The third-order valence-corrected chi connectivity index (χ3v) is 6.06. The monoisotopic (exact) mass is 396 g/mol. The maximum atomic E-state index is 12.6. The number of carbonyl (C=O) groups is 2. The molecule has 1 aliphatic rings. The second kappa shape index (κ2) is 8.82. The van der Waals surface area contributed by atoms with Crippen LogP contribution in [0.1, 0.15) is 57.1 Å². The van der Waals surface area contributed by atoms with Crippen molar-refractivity contribution in [3.63, 3.8) is 0 Å². The van der Waals surface area contributed by atoms with Crippen molar-refractivity contribution < 1.29 is 9.59 Å². The first kappa shape index (κ1) is 20.5. The van der Waals surface area contributed by atoms with Gasteiger partial charge in [0.2, 0.25) is 11.8 Å². The summed E-state index contributed by atoms with van der Waals surface area (Å²) in [5.41, 5.74) is 4.19. The fourth-order valence-electron chi connectivity index (χ4n) is 3.36. The zero-order chi connectivity index (χ0) is 20.3. The van der Waals surface area contributed by atoms with Crippen molar-refractivity contribution >= 4 is 35.0 Å². The maximum absolute atomic E-state index is 12.6. The molecule has 0 saturated heterocycles. The van der Waals surface area contributed by atoms with E-state index in [9.17, 15) is 9.59 Å². The normalized spacial score (nSPS) is 13.8. The Labute approximate surface area is 171 Å². The quantitative estimate of drug-likeness (QED) is 0.711. The van der Waals surface area contributed by atoms with Gasteiger partial charge in [0.1, 0.15) is 0 Å². The molecule has 28 heavy (non-hydrogen) atoms. The molecule has 1 heterocycles. The molecule has 2 aromatic carbocycles. The SMILES string of the molecule is CC(C)c1ccc(NC(=O)CCN2C(=O)CSc3ccccc32)c(C(C)C)c1. The Bertz CT molecular complexity index is 877. The number of hydrogen-bond donors (Lipinski definition) is 1. The molecule has 2 amide bonds. The van der Waals surface area contributed by atoms with E-state index in [0.29, 0.717) is 24.1 Å². The Morgan fingerprint density at radius 3 is 2.57 bits per heavy atom. The molecule has 0 radical (unpaired) electrons. The zero-order valence-corrected chi connectivity index (χ0v) is 17.8. The second-order valence-corrected chi connectivity index (χ2v) is 8.77. The van der Waals surface area contributed by atoms with Crippen LogP contribution in [0.4, 0.5) is 11.4 Å². The van der Waals surface area contributed by atoms with Gasteiger partial charge in [0.25, 0.3) is 0 Å². The number of amides is 2. The summed E-state index contributed by atoms with van der Waals surface area (Å²) in [6.45, 7) is 9.00. The van der Waals surface area contributed by atoms with E-state index in [2.05, 4.69) is 45.1 Å². The van der Waals surface area contributed by atoms with Crippen molar-refractivity contribution in [2.45, 2.75) is 50.8 Å². The van der Waals surface area contributed by atoms with Crippen LogP contribution in [0.5, 0.6) is 0 Å². The van der Waals surface area contributed by atoms with Gasteiger partial charge in [-0.15, -0.1) is 11.8 Å².